The first kappa shape index (κ1) is 17.3. The summed E-state index contributed by atoms with van der Waals surface area (Å²) in [5.74, 6) is 1.74. The smallest absolute Gasteiger partial charge is 0.192 e. The van der Waals surface area contributed by atoms with Crippen LogP contribution < -0.4 is 4.74 Å². The Morgan fingerprint density at radius 3 is 2.65 bits per heavy atom. The van der Waals surface area contributed by atoms with Crippen molar-refractivity contribution in [3.63, 3.8) is 0 Å². The molecule has 1 aliphatic rings. The number of carbonyl (C=O) groups is 1. The van der Waals surface area contributed by atoms with E-state index in [-0.39, 0.29) is 11.0 Å². The quantitative estimate of drug-likeness (QED) is 0.435. The molecule has 2 aromatic heterocycles. The minimum absolute atomic E-state index is 0.0840. The van der Waals surface area contributed by atoms with E-state index < -0.39 is 0 Å². The lowest BCUT2D eigenvalue weighted by Crippen LogP contribution is -2.14. The molecule has 0 amide bonds. The Morgan fingerprint density at radius 2 is 2.04 bits per heavy atom. The normalized spacial score (nSPS) is 15.0. The van der Waals surface area contributed by atoms with Crippen molar-refractivity contribution in [1.82, 2.24) is 14.8 Å². The van der Waals surface area contributed by atoms with E-state index in [4.69, 9.17) is 4.74 Å². The van der Waals surface area contributed by atoms with Crippen molar-refractivity contribution in [1.29, 1.82) is 0 Å². The van der Waals surface area contributed by atoms with Gasteiger partial charge in [0, 0.05) is 11.6 Å². The van der Waals surface area contributed by atoms with Crippen LogP contribution in [0.3, 0.4) is 0 Å². The van der Waals surface area contributed by atoms with Crippen LogP contribution in [0.1, 0.15) is 36.2 Å². The highest BCUT2D eigenvalue weighted by Crippen LogP contribution is 2.42. The fourth-order valence-corrected chi connectivity index (χ4v) is 4.50. The monoisotopic (exact) mass is 385 g/mol. The van der Waals surface area contributed by atoms with Gasteiger partial charge in [-0.15, -0.1) is 21.5 Å². The Labute approximate surface area is 160 Å². The number of benzene rings is 1. The SMILES string of the molecule is COc1ccc(C(=O)C(C)Sc2nnc(-c3cccs3)n2C2CC2)cc1. The Morgan fingerprint density at radius 1 is 1.27 bits per heavy atom. The molecule has 5 nitrogen and oxygen atoms in total. The molecule has 134 valence electrons. The van der Waals surface area contributed by atoms with Crippen LogP contribution in [0.15, 0.2) is 46.9 Å². The molecule has 4 rings (SSSR count). The van der Waals surface area contributed by atoms with E-state index in [9.17, 15) is 4.79 Å². The topological polar surface area (TPSA) is 57.0 Å². The van der Waals surface area contributed by atoms with E-state index in [1.807, 2.05) is 30.5 Å². The second-order valence-corrected chi connectivity index (χ2v) is 8.49. The van der Waals surface area contributed by atoms with Gasteiger partial charge in [0.2, 0.25) is 0 Å². The van der Waals surface area contributed by atoms with E-state index in [0.717, 1.165) is 34.4 Å². The molecule has 3 aromatic rings. The molecule has 1 fully saturated rings. The number of carbonyl (C=O) groups excluding carboxylic acids is 1. The summed E-state index contributed by atoms with van der Waals surface area (Å²) in [4.78, 5) is 13.9. The summed E-state index contributed by atoms with van der Waals surface area (Å²) in [6.07, 6.45) is 2.29. The zero-order valence-corrected chi connectivity index (χ0v) is 16.2. The number of ketones is 1. The van der Waals surface area contributed by atoms with E-state index in [0.29, 0.717) is 11.6 Å². The Kier molecular flexibility index (Phi) is 4.82. The van der Waals surface area contributed by atoms with Crippen molar-refractivity contribution in [3.8, 4) is 16.5 Å². The van der Waals surface area contributed by atoms with Crippen molar-refractivity contribution >= 4 is 28.9 Å². The molecule has 0 saturated heterocycles. The van der Waals surface area contributed by atoms with Gasteiger partial charge in [-0.2, -0.15) is 0 Å². The average Bonchev–Trinajstić information content (AvgIpc) is 3.19. The van der Waals surface area contributed by atoms with Crippen LogP contribution in [0.25, 0.3) is 10.7 Å². The molecule has 0 spiro atoms. The number of rotatable bonds is 7. The van der Waals surface area contributed by atoms with Crippen LogP contribution in [-0.4, -0.2) is 32.9 Å². The summed E-state index contributed by atoms with van der Waals surface area (Å²) in [6, 6.07) is 11.8. The second-order valence-electron chi connectivity index (χ2n) is 6.24. The van der Waals surface area contributed by atoms with Crippen LogP contribution in [0.5, 0.6) is 5.75 Å². The van der Waals surface area contributed by atoms with Crippen LogP contribution in [0.2, 0.25) is 0 Å². The van der Waals surface area contributed by atoms with Crippen molar-refractivity contribution in [2.75, 3.05) is 7.11 Å². The number of thiophene rings is 1. The van der Waals surface area contributed by atoms with Crippen LogP contribution in [0, 0.1) is 0 Å². The Hall–Kier alpha value is -2.12. The molecule has 0 aliphatic heterocycles. The van der Waals surface area contributed by atoms with E-state index in [1.165, 1.54) is 11.8 Å². The summed E-state index contributed by atoms with van der Waals surface area (Å²) in [5, 5.41) is 11.4. The summed E-state index contributed by atoms with van der Waals surface area (Å²) in [7, 11) is 1.62. The van der Waals surface area contributed by atoms with Crippen LogP contribution >= 0.6 is 23.1 Å². The standard InChI is InChI=1S/C19H19N3O2S2/c1-12(17(23)13-5-9-15(24-2)10-6-13)26-19-21-20-18(16-4-3-11-25-16)22(19)14-7-8-14/h3-6,9-12,14H,7-8H2,1-2H3. The predicted molar refractivity (Wildman–Crippen MR) is 104 cm³/mol. The zero-order valence-electron chi connectivity index (χ0n) is 14.6. The Bertz CT molecular complexity index is 900. The van der Waals surface area contributed by atoms with E-state index >= 15 is 0 Å². The average molecular weight is 386 g/mol. The summed E-state index contributed by atoms with van der Waals surface area (Å²) < 4.78 is 7.36. The molecule has 0 radical (unpaired) electrons. The predicted octanol–water partition coefficient (Wildman–Crippen LogP) is 4.71. The fraction of sp³-hybridized carbons (Fsp3) is 0.316. The van der Waals surface area contributed by atoms with Gasteiger partial charge in [0.25, 0.3) is 0 Å². The third kappa shape index (κ3) is 3.41. The number of ether oxygens (including phenoxy) is 1. The second kappa shape index (κ2) is 7.25. The minimum Gasteiger partial charge on any atom is -0.497 e. The van der Waals surface area contributed by atoms with Crippen molar-refractivity contribution in [3.05, 3.63) is 47.3 Å². The Balaban J connectivity index is 1.55. The largest absolute Gasteiger partial charge is 0.497 e. The van der Waals surface area contributed by atoms with E-state index in [1.54, 1.807) is 30.6 Å². The molecule has 7 heteroatoms. The van der Waals surface area contributed by atoms with Gasteiger partial charge in [0.1, 0.15) is 5.75 Å². The van der Waals surface area contributed by atoms with Gasteiger partial charge in [0.05, 0.1) is 17.2 Å². The lowest BCUT2D eigenvalue weighted by atomic mass is 10.1. The molecule has 0 bridgehead atoms. The summed E-state index contributed by atoms with van der Waals surface area (Å²) in [5.41, 5.74) is 0.682. The van der Waals surface area contributed by atoms with Gasteiger partial charge in [-0.3, -0.25) is 9.36 Å². The first-order valence-corrected chi connectivity index (χ1v) is 10.3. The van der Waals surface area contributed by atoms with Gasteiger partial charge in [0.15, 0.2) is 16.8 Å². The molecule has 1 aromatic carbocycles. The van der Waals surface area contributed by atoms with Gasteiger partial charge in [-0.25, -0.2) is 0 Å². The molecule has 0 N–H and O–H groups in total. The number of hydrogen-bond acceptors (Lipinski definition) is 6. The lowest BCUT2D eigenvalue weighted by Gasteiger charge is -2.12. The molecule has 1 atom stereocenters. The fourth-order valence-electron chi connectivity index (χ4n) is 2.79. The third-order valence-electron chi connectivity index (χ3n) is 4.34. The molecule has 1 unspecified atom stereocenters. The van der Waals surface area contributed by atoms with Gasteiger partial charge in [-0.05, 0) is 55.5 Å². The van der Waals surface area contributed by atoms with Gasteiger partial charge < -0.3 is 4.74 Å². The number of hydrogen-bond donors (Lipinski definition) is 0. The van der Waals surface area contributed by atoms with Gasteiger partial charge >= 0.3 is 0 Å². The molecule has 2 heterocycles. The number of methoxy groups -OCH3 is 1. The maximum atomic E-state index is 12.8. The minimum atomic E-state index is -0.235. The summed E-state index contributed by atoms with van der Waals surface area (Å²) in [6.45, 7) is 1.92. The number of nitrogens with zero attached hydrogens (tertiary/aromatic N) is 3. The third-order valence-corrected chi connectivity index (χ3v) is 6.27. The van der Waals surface area contributed by atoms with Gasteiger partial charge in [-0.1, -0.05) is 17.8 Å². The highest BCUT2D eigenvalue weighted by molar-refractivity contribution is 8.00. The van der Waals surface area contributed by atoms with E-state index in [2.05, 4.69) is 20.8 Å². The maximum Gasteiger partial charge on any atom is 0.192 e. The first-order chi connectivity index (χ1) is 12.7. The molecular formula is C19H19N3O2S2. The molecule has 1 aliphatic carbocycles. The highest BCUT2D eigenvalue weighted by Gasteiger charge is 2.31. The highest BCUT2D eigenvalue weighted by atomic mass is 32.2. The zero-order chi connectivity index (χ0) is 18.1. The lowest BCUT2D eigenvalue weighted by molar-refractivity contribution is 0.0994. The number of thioether (sulfide) groups is 1. The molecule has 1 saturated carbocycles. The number of aromatic nitrogens is 3. The maximum absolute atomic E-state index is 12.8. The van der Waals surface area contributed by atoms with Crippen molar-refractivity contribution < 1.29 is 9.53 Å². The summed E-state index contributed by atoms with van der Waals surface area (Å²) >= 11 is 3.15. The van der Waals surface area contributed by atoms with Crippen molar-refractivity contribution in [2.45, 2.75) is 36.2 Å². The molecular weight excluding hydrogens is 366 g/mol. The molecule has 26 heavy (non-hydrogen) atoms. The number of Topliss-reactive ketones (excluding diaryl/α,β-unsaturated/α-hetero) is 1. The first-order valence-electron chi connectivity index (χ1n) is 8.51. The van der Waals surface area contributed by atoms with Crippen LogP contribution in [-0.2, 0) is 0 Å². The van der Waals surface area contributed by atoms with Crippen LogP contribution in [0.4, 0.5) is 0 Å². The van der Waals surface area contributed by atoms with Crippen molar-refractivity contribution in [2.24, 2.45) is 0 Å².